The SMILES string of the molecule is CCc1nc(NC(CCN)C(C)C)cc(=O)[nH]1. The summed E-state index contributed by atoms with van der Waals surface area (Å²) in [5.41, 5.74) is 5.46. The number of hydrogen-bond donors (Lipinski definition) is 3. The fourth-order valence-corrected chi connectivity index (χ4v) is 1.69. The van der Waals surface area contributed by atoms with Crippen LogP contribution >= 0.6 is 0 Å². The third-order valence-corrected chi connectivity index (χ3v) is 2.74. The minimum absolute atomic E-state index is 0.116. The van der Waals surface area contributed by atoms with Gasteiger partial charge >= 0.3 is 0 Å². The molecule has 17 heavy (non-hydrogen) atoms. The highest BCUT2D eigenvalue weighted by Crippen LogP contribution is 2.11. The van der Waals surface area contributed by atoms with Gasteiger partial charge < -0.3 is 16.0 Å². The Morgan fingerprint density at radius 2 is 2.24 bits per heavy atom. The number of aromatic nitrogens is 2. The Balaban J connectivity index is 2.85. The predicted octanol–water partition coefficient (Wildman–Crippen LogP) is 1.12. The number of rotatable bonds is 6. The standard InChI is InChI=1S/C12H22N4O/c1-4-10-15-11(7-12(17)16-10)14-9(5-6-13)8(2)3/h7-9H,4-6,13H2,1-3H3,(H2,14,15,16,17). The first kappa shape index (κ1) is 13.7. The van der Waals surface area contributed by atoms with Gasteiger partial charge in [0.05, 0.1) is 0 Å². The number of H-pyrrole nitrogens is 1. The van der Waals surface area contributed by atoms with Crippen molar-refractivity contribution < 1.29 is 0 Å². The Morgan fingerprint density at radius 3 is 2.76 bits per heavy atom. The van der Waals surface area contributed by atoms with Crippen molar-refractivity contribution in [2.75, 3.05) is 11.9 Å². The summed E-state index contributed by atoms with van der Waals surface area (Å²) in [6, 6.07) is 1.74. The second-order valence-corrected chi connectivity index (χ2v) is 4.50. The molecule has 1 atom stereocenters. The zero-order chi connectivity index (χ0) is 12.8. The zero-order valence-corrected chi connectivity index (χ0v) is 10.8. The topological polar surface area (TPSA) is 83.8 Å². The predicted molar refractivity (Wildman–Crippen MR) is 70.2 cm³/mol. The Labute approximate surface area is 102 Å². The molecule has 0 radical (unpaired) electrons. The minimum Gasteiger partial charge on any atom is -0.367 e. The molecule has 1 rings (SSSR count). The van der Waals surface area contributed by atoms with Crippen molar-refractivity contribution in [2.24, 2.45) is 11.7 Å². The molecule has 0 aliphatic rings. The highest BCUT2D eigenvalue weighted by Gasteiger charge is 2.13. The van der Waals surface area contributed by atoms with Gasteiger partial charge in [0.25, 0.3) is 5.56 Å². The van der Waals surface area contributed by atoms with Crippen LogP contribution in [0.1, 0.15) is 33.0 Å². The number of anilines is 1. The van der Waals surface area contributed by atoms with Crippen LogP contribution in [0.15, 0.2) is 10.9 Å². The molecule has 0 aliphatic carbocycles. The first-order chi connectivity index (χ1) is 8.06. The summed E-state index contributed by atoms with van der Waals surface area (Å²) in [4.78, 5) is 18.5. The minimum atomic E-state index is -0.116. The van der Waals surface area contributed by atoms with Crippen molar-refractivity contribution in [1.82, 2.24) is 9.97 Å². The number of hydrogen-bond acceptors (Lipinski definition) is 4. The van der Waals surface area contributed by atoms with E-state index >= 15 is 0 Å². The van der Waals surface area contributed by atoms with E-state index in [4.69, 9.17) is 5.73 Å². The molecule has 5 heteroatoms. The lowest BCUT2D eigenvalue weighted by Gasteiger charge is -2.22. The third-order valence-electron chi connectivity index (χ3n) is 2.74. The molecule has 1 aromatic heterocycles. The van der Waals surface area contributed by atoms with Gasteiger partial charge in [0.15, 0.2) is 0 Å². The van der Waals surface area contributed by atoms with E-state index in [1.165, 1.54) is 6.07 Å². The van der Waals surface area contributed by atoms with Gasteiger partial charge in [-0.25, -0.2) is 4.98 Å². The van der Waals surface area contributed by atoms with Crippen LogP contribution in [0, 0.1) is 5.92 Å². The van der Waals surface area contributed by atoms with Crippen molar-refractivity contribution in [1.29, 1.82) is 0 Å². The number of nitrogens with two attached hydrogens (primary N) is 1. The largest absolute Gasteiger partial charge is 0.367 e. The van der Waals surface area contributed by atoms with Gasteiger partial charge in [-0.3, -0.25) is 4.79 Å². The van der Waals surface area contributed by atoms with E-state index < -0.39 is 0 Å². The smallest absolute Gasteiger partial charge is 0.252 e. The Bertz CT molecular complexity index is 400. The first-order valence-corrected chi connectivity index (χ1v) is 6.13. The average molecular weight is 238 g/mol. The number of aryl methyl sites for hydroxylation is 1. The fourth-order valence-electron chi connectivity index (χ4n) is 1.69. The highest BCUT2D eigenvalue weighted by atomic mass is 16.1. The molecule has 0 amide bonds. The van der Waals surface area contributed by atoms with Crippen LogP contribution in [0.3, 0.4) is 0 Å². The van der Waals surface area contributed by atoms with Crippen LogP contribution in [0.25, 0.3) is 0 Å². The third kappa shape index (κ3) is 4.19. The molecular weight excluding hydrogens is 216 g/mol. The Hall–Kier alpha value is -1.36. The molecular formula is C12H22N4O. The summed E-state index contributed by atoms with van der Waals surface area (Å²) in [6.07, 6.45) is 1.58. The lowest BCUT2D eigenvalue weighted by Crippen LogP contribution is -2.29. The molecule has 1 heterocycles. The molecule has 1 aromatic rings. The molecule has 0 aliphatic heterocycles. The molecule has 0 saturated carbocycles. The molecule has 0 bridgehead atoms. The molecule has 96 valence electrons. The summed E-state index contributed by atoms with van der Waals surface area (Å²) in [7, 11) is 0. The van der Waals surface area contributed by atoms with Crippen LogP contribution in [0.5, 0.6) is 0 Å². The maximum absolute atomic E-state index is 11.4. The summed E-state index contributed by atoms with van der Waals surface area (Å²) < 4.78 is 0. The lowest BCUT2D eigenvalue weighted by atomic mass is 10.0. The van der Waals surface area contributed by atoms with E-state index in [0.717, 1.165) is 6.42 Å². The number of nitrogens with one attached hydrogen (secondary N) is 2. The summed E-state index contributed by atoms with van der Waals surface area (Å²) >= 11 is 0. The van der Waals surface area contributed by atoms with Gasteiger partial charge in [-0.2, -0.15) is 0 Å². The highest BCUT2D eigenvalue weighted by molar-refractivity contribution is 5.34. The molecule has 0 fully saturated rings. The van der Waals surface area contributed by atoms with Gasteiger partial charge in [-0.05, 0) is 18.9 Å². The van der Waals surface area contributed by atoms with Crippen LogP contribution in [0.4, 0.5) is 5.82 Å². The van der Waals surface area contributed by atoms with E-state index in [-0.39, 0.29) is 11.6 Å². The van der Waals surface area contributed by atoms with E-state index in [1.807, 2.05) is 6.92 Å². The second kappa shape index (κ2) is 6.39. The van der Waals surface area contributed by atoms with Gasteiger partial charge in [0.2, 0.25) is 0 Å². The fraction of sp³-hybridized carbons (Fsp3) is 0.667. The Kier molecular flexibility index (Phi) is 5.15. The van der Waals surface area contributed by atoms with Crippen molar-refractivity contribution in [3.05, 3.63) is 22.2 Å². The molecule has 5 nitrogen and oxygen atoms in total. The van der Waals surface area contributed by atoms with E-state index in [0.29, 0.717) is 30.5 Å². The molecule has 0 saturated heterocycles. The molecule has 4 N–H and O–H groups in total. The van der Waals surface area contributed by atoms with Gasteiger partial charge in [-0.1, -0.05) is 20.8 Å². The summed E-state index contributed by atoms with van der Waals surface area (Å²) in [6.45, 7) is 6.84. The molecule has 0 spiro atoms. The second-order valence-electron chi connectivity index (χ2n) is 4.50. The normalized spacial score (nSPS) is 12.8. The summed E-state index contributed by atoms with van der Waals surface area (Å²) in [5, 5.41) is 3.28. The first-order valence-electron chi connectivity index (χ1n) is 6.13. The zero-order valence-electron chi connectivity index (χ0n) is 10.8. The maximum Gasteiger partial charge on any atom is 0.252 e. The Morgan fingerprint density at radius 1 is 1.53 bits per heavy atom. The van der Waals surface area contributed by atoms with Gasteiger partial charge in [0, 0.05) is 18.5 Å². The monoisotopic (exact) mass is 238 g/mol. The van der Waals surface area contributed by atoms with Crippen molar-refractivity contribution in [3.8, 4) is 0 Å². The number of nitrogens with zero attached hydrogens (tertiary/aromatic N) is 1. The van der Waals surface area contributed by atoms with E-state index in [2.05, 4.69) is 29.1 Å². The molecule has 0 aromatic carbocycles. The van der Waals surface area contributed by atoms with Crippen LogP contribution < -0.4 is 16.6 Å². The quantitative estimate of drug-likeness (QED) is 0.693. The van der Waals surface area contributed by atoms with Crippen molar-refractivity contribution >= 4 is 5.82 Å². The van der Waals surface area contributed by atoms with E-state index in [1.54, 1.807) is 0 Å². The number of aromatic amines is 1. The van der Waals surface area contributed by atoms with Crippen LogP contribution in [0.2, 0.25) is 0 Å². The van der Waals surface area contributed by atoms with Crippen molar-refractivity contribution in [3.63, 3.8) is 0 Å². The van der Waals surface area contributed by atoms with Gasteiger partial charge in [0.1, 0.15) is 11.6 Å². The van der Waals surface area contributed by atoms with E-state index in [9.17, 15) is 4.79 Å². The summed E-state index contributed by atoms with van der Waals surface area (Å²) in [5.74, 6) is 1.79. The average Bonchev–Trinajstić information content (AvgIpc) is 2.27. The van der Waals surface area contributed by atoms with Crippen molar-refractivity contribution in [2.45, 2.75) is 39.7 Å². The molecule has 1 unspecified atom stereocenters. The lowest BCUT2D eigenvalue weighted by molar-refractivity contribution is 0.497. The van der Waals surface area contributed by atoms with Crippen LogP contribution in [-0.2, 0) is 6.42 Å². The maximum atomic E-state index is 11.4. The van der Waals surface area contributed by atoms with Gasteiger partial charge in [-0.15, -0.1) is 0 Å². The van der Waals surface area contributed by atoms with Crippen LogP contribution in [-0.4, -0.2) is 22.6 Å².